The molecule has 2 atom stereocenters. The van der Waals surface area contributed by atoms with E-state index in [1.807, 2.05) is 19.9 Å². The molecule has 0 rings (SSSR count). The van der Waals surface area contributed by atoms with Crippen molar-refractivity contribution in [3.63, 3.8) is 0 Å². The third kappa shape index (κ3) is 2.50. The highest BCUT2D eigenvalue weighted by Crippen LogP contribution is 2.18. The van der Waals surface area contributed by atoms with Crippen LogP contribution in [0.4, 0.5) is 0 Å². The van der Waals surface area contributed by atoms with Gasteiger partial charge in [0.15, 0.2) is 0 Å². The van der Waals surface area contributed by atoms with Crippen LogP contribution in [0.3, 0.4) is 0 Å². The van der Waals surface area contributed by atoms with Crippen molar-refractivity contribution in [2.24, 2.45) is 11.8 Å². The molecular weight excluding hydrogens is 156 g/mol. The highest BCUT2D eigenvalue weighted by Gasteiger charge is 2.31. The molecule has 0 aliphatic rings. The molecule has 0 heterocycles. The summed E-state index contributed by atoms with van der Waals surface area (Å²) >= 11 is 0. The van der Waals surface area contributed by atoms with Crippen molar-refractivity contribution in [1.29, 1.82) is 5.26 Å². The van der Waals surface area contributed by atoms with Gasteiger partial charge in [-0.2, -0.15) is 5.26 Å². The molecule has 0 bridgehead atoms. The Morgan fingerprint density at radius 3 is 2.17 bits per heavy atom. The van der Waals surface area contributed by atoms with Gasteiger partial charge in [-0.25, -0.2) is 0 Å². The lowest BCUT2D eigenvalue weighted by atomic mass is 9.89. The second kappa shape index (κ2) is 4.70. The van der Waals surface area contributed by atoms with E-state index in [1.165, 1.54) is 0 Å². The van der Waals surface area contributed by atoms with Crippen molar-refractivity contribution in [2.45, 2.75) is 33.2 Å². The Bertz CT molecular complexity index is 196. The largest absolute Gasteiger partial charge is 0.264 e. The first-order valence-corrected chi connectivity index (χ1v) is 4.07. The predicted molar refractivity (Wildman–Crippen MR) is 45.0 cm³/mol. The lowest BCUT2D eigenvalue weighted by molar-refractivity contribution is -0.531. The van der Waals surface area contributed by atoms with Gasteiger partial charge >= 0.3 is 0 Å². The summed E-state index contributed by atoms with van der Waals surface area (Å²) in [6, 6.07) is 1.28. The second-order valence-corrected chi connectivity index (χ2v) is 3.16. The summed E-state index contributed by atoms with van der Waals surface area (Å²) in [7, 11) is 0. The molecule has 4 heteroatoms. The van der Waals surface area contributed by atoms with Crippen LogP contribution in [0.1, 0.15) is 27.2 Å². The zero-order valence-electron chi connectivity index (χ0n) is 7.65. The van der Waals surface area contributed by atoms with Gasteiger partial charge in [0.25, 0.3) is 0 Å². The van der Waals surface area contributed by atoms with Crippen LogP contribution in [0.2, 0.25) is 0 Å². The van der Waals surface area contributed by atoms with Crippen LogP contribution >= 0.6 is 0 Å². The minimum Gasteiger partial charge on any atom is -0.264 e. The molecule has 0 N–H and O–H groups in total. The molecule has 0 saturated carbocycles. The normalized spacial score (nSPS) is 15.2. The molecular formula is C8H14N2O2. The van der Waals surface area contributed by atoms with E-state index in [1.54, 1.807) is 6.92 Å². The molecule has 0 aromatic rings. The van der Waals surface area contributed by atoms with E-state index in [0.717, 1.165) is 0 Å². The van der Waals surface area contributed by atoms with Crippen molar-refractivity contribution >= 4 is 0 Å². The third-order valence-corrected chi connectivity index (χ3v) is 1.97. The highest BCUT2D eigenvalue weighted by molar-refractivity contribution is 4.90. The van der Waals surface area contributed by atoms with Crippen molar-refractivity contribution in [2.75, 3.05) is 0 Å². The Morgan fingerprint density at radius 1 is 1.58 bits per heavy atom. The number of hydrogen-bond donors (Lipinski definition) is 0. The fourth-order valence-electron chi connectivity index (χ4n) is 1.21. The fraction of sp³-hybridized carbons (Fsp3) is 0.875. The molecule has 0 radical (unpaired) electrons. The number of nitriles is 1. The zero-order valence-corrected chi connectivity index (χ0v) is 7.65. The summed E-state index contributed by atoms with van der Waals surface area (Å²) in [6.45, 7) is 5.40. The van der Waals surface area contributed by atoms with Gasteiger partial charge in [0.05, 0.1) is 6.07 Å². The Hall–Kier alpha value is -1.11. The SMILES string of the molecule is CCC(C(C#N)C(C)C)[N+](=O)[O-]. The smallest absolute Gasteiger partial charge is 0.228 e. The van der Waals surface area contributed by atoms with Crippen LogP contribution in [-0.4, -0.2) is 11.0 Å². The molecule has 0 aromatic carbocycles. The lowest BCUT2D eigenvalue weighted by Crippen LogP contribution is -2.30. The number of hydrogen-bond acceptors (Lipinski definition) is 3. The van der Waals surface area contributed by atoms with E-state index in [9.17, 15) is 10.1 Å². The standard InChI is InChI=1S/C8H14N2O2/c1-4-8(10(11)12)7(5-9)6(2)3/h6-8H,4H2,1-3H3. The van der Waals surface area contributed by atoms with Crippen molar-refractivity contribution in [3.05, 3.63) is 10.1 Å². The Morgan fingerprint density at radius 2 is 2.08 bits per heavy atom. The van der Waals surface area contributed by atoms with Crippen LogP contribution < -0.4 is 0 Å². The first kappa shape index (κ1) is 10.9. The molecule has 0 amide bonds. The maximum atomic E-state index is 10.5. The van der Waals surface area contributed by atoms with Gasteiger partial charge in [0.1, 0.15) is 5.92 Å². The minimum atomic E-state index is -0.713. The van der Waals surface area contributed by atoms with E-state index < -0.39 is 12.0 Å². The zero-order chi connectivity index (χ0) is 9.72. The second-order valence-electron chi connectivity index (χ2n) is 3.16. The monoisotopic (exact) mass is 170 g/mol. The number of rotatable bonds is 4. The van der Waals surface area contributed by atoms with Crippen molar-refractivity contribution < 1.29 is 4.92 Å². The van der Waals surface area contributed by atoms with Gasteiger partial charge in [-0.15, -0.1) is 0 Å². The molecule has 0 aromatic heterocycles. The van der Waals surface area contributed by atoms with E-state index in [2.05, 4.69) is 0 Å². The summed E-state index contributed by atoms with van der Waals surface area (Å²) in [5.74, 6) is -0.421. The molecule has 0 aliphatic heterocycles. The molecule has 0 aliphatic carbocycles. The quantitative estimate of drug-likeness (QED) is 0.477. The Labute approximate surface area is 72.3 Å². The molecule has 0 saturated heterocycles. The van der Waals surface area contributed by atoms with E-state index in [-0.39, 0.29) is 10.8 Å². The summed E-state index contributed by atoms with van der Waals surface area (Å²) < 4.78 is 0. The molecule has 0 spiro atoms. The topological polar surface area (TPSA) is 66.9 Å². The summed E-state index contributed by atoms with van der Waals surface area (Å²) in [5, 5.41) is 19.2. The average molecular weight is 170 g/mol. The summed E-state index contributed by atoms with van der Waals surface area (Å²) in [5.41, 5.74) is 0. The van der Waals surface area contributed by atoms with E-state index in [4.69, 9.17) is 5.26 Å². The summed E-state index contributed by atoms with van der Waals surface area (Å²) in [4.78, 5) is 10.1. The van der Waals surface area contributed by atoms with E-state index in [0.29, 0.717) is 6.42 Å². The first-order valence-electron chi connectivity index (χ1n) is 4.07. The van der Waals surface area contributed by atoms with Gasteiger partial charge in [0.2, 0.25) is 6.04 Å². The van der Waals surface area contributed by atoms with Gasteiger partial charge in [0, 0.05) is 11.3 Å². The molecule has 12 heavy (non-hydrogen) atoms. The number of nitro groups is 1. The van der Waals surface area contributed by atoms with Gasteiger partial charge in [-0.3, -0.25) is 10.1 Å². The van der Waals surface area contributed by atoms with Crippen LogP contribution in [0.5, 0.6) is 0 Å². The van der Waals surface area contributed by atoms with Crippen LogP contribution in [0.15, 0.2) is 0 Å². The maximum absolute atomic E-state index is 10.5. The fourth-order valence-corrected chi connectivity index (χ4v) is 1.21. The Kier molecular flexibility index (Phi) is 4.27. The maximum Gasteiger partial charge on any atom is 0.228 e. The molecule has 2 unspecified atom stereocenters. The lowest BCUT2D eigenvalue weighted by Gasteiger charge is -2.15. The van der Waals surface area contributed by atoms with Crippen LogP contribution in [-0.2, 0) is 0 Å². The first-order chi connectivity index (χ1) is 5.54. The van der Waals surface area contributed by atoms with Gasteiger partial charge < -0.3 is 0 Å². The minimum absolute atomic E-state index is 0.0466. The highest BCUT2D eigenvalue weighted by atomic mass is 16.6. The van der Waals surface area contributed by atoms with E-state index >= 15 is 0 Å². The van der Waals surface area contributed by atoms with Gasteiger partial charge in [-0.05, 0) is 5.92 Å². The van der Waals surface area contributed by atoms with Crippen LogP contribution in [0.25, 0.3) is 0 Å². The molecule has 0 fully saturated rings. The predicted octanol–water partition coefficient (Wildman–Crippen LogP) is 1.84. The Balaban J connectivity index is 4.47. The molecule has 4 nitrogen and oxygen atoms in total. The van der Waals surface area contributed by atoms with Crippen molar-refractivity contribution in [3.8, 4) is 6.07 Å². The van der Waals surface area contributed by atoms with Crippen LogP contribution in [0, 0.1) is 33.3 Å². The van der Waals surface area contributed by atoms with Crippen molar-refractivity contribution in [1.82, 2.24) is 0 Å². The number of nitrogens with zero attached hydrogens (tertiary/aromatic N) is 2. The summed E-state index contributed by atoms with van der Waals surface area (Å²) in [6.07, 6.45) is 0.420. The average Bonchev–Trinajstić information content (AvgIpc) is 1.98. The third-order valence-electron chi connectivity index (χ3n) is 1.97. The van der Waals surface area contributed by atoms with Gasteiger partial charge in [-0.1, -0.05) is 20.8 Å². The molecule has 68 valence electrons.